The number of rotatable bonds is 7. The fourth-order valence-electron chi connectivity index (χ4n) is 2.23. The molecule has 0 spiro atoms. The maximum Gasteiger partial charge on any atom is 0.481 e. The van der Waals surface area contributed by atoms with Crippen LogP contribution in [-0.4, -0.2) is 66.4 Å². The van der Waals surface area contributed by atoms with Crippen LogP contribution >= 0.6 is 15.6 Å². The van der Waals surface area contributed by atoms with Gasteiger partial charge in [-0.3, -0.25) is 13.9 Å². The predicted molar refractivity (Wildman–Crippen MR) is 82.9 cm³/mol. The Morgan fingerprint density at radius 1 is 1.31 bits per heavy atom. The average molecular weight is 417 g/mol. The highest BCUT2D eigenvalue weighted by Crippen LogP contribution is 2.57. The Hall–Kier alpha value is -1.18. The van der Waals surface area contributed by atoms with Gasteiger partial charge in [-0.15, -0.1) is 0 Å². The van der Waals surface area contributed by atoms with Crippen LogP contribution in [0.1, 0.15) is 6.23 Å². The molecular weight excluding hydrogens is 400 g/mol. The van der Waals surface area contributed by atoms with E-state index in [1.165, 1.54) is 17.8 Å². The lowest BCUT2D eigenvalue weighted by atomic mass is 10.1. The largest absolute Gasteiger partial charge is 0.481 e. The van der Waals surface area contributed by atoms with Crippen LogP contribution in [0.4, 0.5) is 5.95 Å². The number of phosphoric ester groups is 1. The van der Waals surface area contributed by atoms with Gasteiger partial charge in [-0.2, -0.15) is 9.29 Å². The van der Waals surface area contributed by atoms with Crippen molar-refractivity contribution in [1.82, 2.24) is 9.55 Å². The summed E-state index contributed by atoms with van der Waals surface area (Å²) >= 11 is 0. The molecule has 0 saturated carbocycles. The molecule has 26 heavy (non-hydrogen) atoms. The lowest BCUT2D eigenvalue weighted by molar-refractivity contribution is -0.0515. The molecule has 2 rings (SSSR count). The molecule has 14 nitrogen and oxygen atoms in total. The van der Waals surface area contributed by atoms with Crippen LogP contribution in [0.3, 0.4) is 0 Å². The van der Waals surface area contributed by atoms with E-state index in [4.69, 9.17) is 14.5 Å². The van der Waals surface area contributed by atoms with Gasteiger partial charge in [0.05, 0.1) is 6.61 Å². The molecule has 0 bridgehead atoms. The Bertz CT molecular complexity index is 795. The van der Waals surface area contributed by atoms with E-state index in [0.717, 1.165) is 6.07 Å². The molecule has 148 valence electrons. The Labute approximate surface area is 145 Å². The quantitative estimate of drug-likeness (QED) is 0.269. The zero-order chi connectivity index (χ0) is 19.7. The highest BCUT2D eigenvalue weighted by atomic mass is 31.3. The van der Waals surface area contributed by atoms with Gasteiger partial charge in [0.25, 0.3) is 5.56 Å². The summed E-state index contributed by atoms with van der Waals surface area (Å²) in [6.45, 7) is -0.828. The number of nitrogens with one attached hydrogen (secondary N) is 1. The predicted octanol–water partition coefficient (Wildman–Crippen LogP) is -1.87. The van der Waals surface area contributed by atoms with Crippen molar-refractivity contribution in [3.63, 3.8) is 0 Å². The van der Waals surface area contributed by atoms with E-state index in [0.29, 0.717) is 0 Å². The summed E-state index contributed by atoms with van der Waals surface area (Å²) in [7, 11) is -8.97. The summed E-state index contributed by atoms with van der Waals surface area (Å²) in [5, 5.41) is 22.7. The second kappa shape index (κ2) is 7.82. The van der Waals surface area contributed by atoms with E-state index < -0.39 is 52.4 Å². The van der Waals surface area contributed by atoms with Crippen LogP contribution in [-0.2, 0) is 22.7 Å². The molecule has 1 aromatic rings. The van der Waals surface area contributed by atoms with Crippen LogP contribution < -0.4 is 10.9 Å². The minimum Gasteiger partial charge on any atom is -0.387 e. The number of anilines is 1. The molecule has 5 atom stereocenters. The minimum atomic E-state index is -5.29. The topological polar surface area (TPSA) is 210 Å². The fraction of sp³-hybridized carbons (Fsp3) is 0.600. The fourth-order valence-corrected chi connectivity index (χ4v) is 3.83. The number of hydrogen-bond acceptors (Lipinski definition) is 10. The van der Waals surface area contributed by atoms with Gasteiger partial charge in [0.2, 0.25) is 5.95 Å². The molecule has 1 unspecified atom stereocenters. The molecule has 16 heteroatoms. The van der Waals surface area contributed by atoms with Gasteiger partial charge in [-0.05, 0) is 0 Å². The number of aliphatic hydroxyl groups excluding tert-OH is 2. The molecular formula is C10H17N3O11P2. The molecule has 1 aliphatic heterocycles. The number of aliphatic hydroxyl groups is 2. The molecule has 0 aliphatic carbocycles. The maximum atomic E-state index is 11.4. The van der Waals surface area contributed by atoms with Gasteiger partial charge in [-0.1, -0.05) is 0 Å². The van der Waals surface area contributed by atoms with Crippen molar-refractivity contribution in [2.45, 2.75) is 24.5 Å². The van der Waals surface area contributed by atoms with Crippen LogP contribution in [0.25, 0.3) is 0 Å². The number of hydrogen-bond donors (Lipinski definition) is 6. The highest BCUT2D eigenvalue weighted by molar-refractivity contribution is 7.60. The molecule has 1 saturated heterocycles. The Kier molecular flexibility index (Phi) is 6.36. The summed E-state index contributed by atoms with van der Waals surface area (Å²) in [6, 6.07) is 1.09. The van der Waals surface area contributed by atoms with E-state index in [1.807, 2.05) is 0 Å². The molecule has 6 N–H and O–H groups in total. The van der Waals surface area contributed by atoms with Gasteiger partial charge in [-0.25, -0.2) is 9.13 Å². The molecule has 0 radical (unpaired) electrons. The average Bonchev–Trinajstić information content (AvgIpc) is 2.79. The maximum absolute atomic E-state index is 11.4. The SMILES string of the molecule is CNc1nc(=O)ccn1[C@@H]1O[C@H](COP(=O)(O)OP(=O)(O)O)[C@@H](O)[C@H]1O. The lowest BCUT2D eigenvalue weighted by Gasteiger charge is -2.21. The third kappa shape index (κ3) is 5.18. The second-order valence-electron chi connectivity index (χ2n) is 5.13. The molecule has 2 heterocycles. The Morgan fingerprint density at radius 3 is 2.54 bits per heavy atom. The van der Waals surface area contributed by atoms with E-state index in [-0.39, 0.29) is 5.95 Å². The van der Waals surface area contributed by atoms with Crippen molar-refractivity contribution >= 4 is 21.6 Å². The van der Waals surface area contributed by atoms with Gasteiger partial charge in [0.15, 0.2) is 6.23 Å². The van der Waals surface area contributed by atoms with Gasteiger partial charge in [0.1, 0.15) is 18.3 Å². The van der Waals surface area contributed by atoms with Gasteiger partial charge >= 0.3 is 15.6 Å². The molecule has 1 aliphatic rings. The summed E-state index contributed by atoms with van der Waals surface area (Å²) < 4.78 is 36.6. The standard InChI is InChI=1S/C10H17N3O11P2/c1-11-10-12-6(14)2-3-13(10)9-8(16)7(15)5(23-9)4-22-26(20,21)24-25(17,18)19/h2-3,5,7-9,15-16H,4H2,1H3,(H,20,21)(H,11,12,14)(H2,17,18,19)/t5-,7-,8-,9-/m1/s1. The van der Waals surface area contributed by atoms with Gasteiger partial charge < -0.3 is 34.9 Å². The van der Waals surface area contributed by atoms with Crippen molar-refractivity contribution in [3.8, 4) is 0 Å². The third-order valence-corrected chi connectivity index (χ3v) is 5.44. The lowest BCUT2D eigenvalue weighted by Crippen LogP contribution is -2.34. The number of phosphoric acid groups is 2. The molecule has 1 fully saturated rings. The van der Waals surface area contributed by atoms with Crippen molar-refractivity contribution in [2.24, 2.45) is 0 Å². The summed E-state index contributed by atoms with van der Waals surface area (Å²) in [4.78, 5) is 41.2. The normalized spacial score (nSPS) is 28.7. The molecule has 0 aromatic carbocycles. The third-order valence-electron chi connectivity index (χ3n) is 3.28. The number of aromatic nitrogens is 2. The first-order chi connectivity index (χ1) is 11.9. The first-order valence-corrected chi connectivity index (χ1v) is 9.99. The van der Waals surface area contributed by atoms with Crippen LogP contribution in [0.2, 0.25) is 0 Å². The number of ether oxygens (including phenoxy) is 1. The van der Waals surface area contributed by atoms with E-state index >= 15 is 0 Å². The van der Waals surface area contributed by atoms with Crippen molar-refractivity contribution in [3.05, 3.63) is 22.6 Å². The molecule has 1 aromatic heterocycles. The monoisotopic (exact) mass is 417 g/mol. The van der Waals surface area contributed by atoms with Crippen LogP contribution in [0, 0.1) is 0 Å². The summed E-state index contributed by atoms with van der Waals surface area (Å²) in [6.07, 6.45) is -4.44. The smallest absolute Gasteiger partial charge is 0.387 e. The number of nitrogens with zero attached hydrogens (tertiary/aromatic N) is 2. The van der Waals surface area contributed by atoms with Crippen molar-refractivity contribution in [1.29, 1.82) is 0 Å². The summed E-state index contributed by atoms with van der Waals surface area (Å²) in [5.41, 5.74) is -0.561. The molecule has 0 amide bonds. The summed E-state index contributed by atoms with van der Waals surface area (Å²) in [5.74, 6) is 0.0213. The van der Waals surface area contributed by atoms with E-state index in [9.17, 15) is 29.0 Å². The first-order valence-electron chi connectivity index (χ1n) is 6.96. The minimum absolute atomic E-state index is 0.0213. The van der Waals surface area contributed by atoms with Crippen LogP contribution in [0.15, 0.2) is 17.1 Å². The van der Waals surface area contributed by atoms with Gasteiger partial charge in [0, 0.05) is 19.3 Å². The van der Waals surface area contributed by atoms with E-state index in [1.54, 1.807) is 0 Å². The zero-order valence-corrected chi connectivity index (χ0v) is 14.9. The Morgan fingerprint density at radius 2 is 1.96 bits per heavy atom. The van der Waals surface area contributed by atoms with Crippen molar-refractivity contribution in [2.75, 3.05) is 19.0 Å². The van der Waals surface area contributed by atoms with Crippen LogP contribution in [0.5, 0.6) is 0 Å². The zero-order valence-electron chi connectivity index (χ0n) is 13.1. The van der Waals surface area contributed by atoms with E-state index in [2.05, 4.69) is 19.1 Å². The first kappa shape index (κ1) is 21.1. The van der Waals surface area contributed by atoms with Crippen molar-refractivity contribution < 1.29 is 47.6 Å². The Balaban J connectivity index is 2.12. The highest BCUT2D eigenvalue weighted by Gasteiger charge is 2.45. The second-order valence-corrected chi connectivity index (χ2v) is 7.96.